The number of anilines is 2. The molecule has 0 saturated heterocycles. The van der Waals surface area contributed by atoms with Crippen molar-refractivity contribution in [2.45, 2.75) is 0 Å². The Morgan fingerprint density at radius 1 is 1.32 bits per heavy atom. The highest BCUT2D eigenvalue weighted by Crippen LogP contribution is 2.15. The zero-order valence-corrected chi connectivity index (χ0v) is 10.9. The third-order valence-electron chi connectivity index (χ3n) is 1.90. The van der Waals surface area contributed by atoms with E-state index in [1.165, 1.54) is 12.1 Å². The number of carbonyl (C=O) groups excluding carboxylic acids is 1. The highest BCUT2D eigenvalue weighted by molar-refractivity contribution is 7.90. The van der Waals surface area contributed by atoms with Crippen molar-refractivity contribution in [1.82, 2.24) is 0 Å². The summed E-state index contributed by atoms with van der Waals surface area (Å²) in [5, 5.41) is 7.39. The summed E-state index contributed by atoms with van der Waals surface area (Å²) >= 11 is 0. The number of rotatable bonds is 7. The molecule has 0 aliphatic rings. The van der Waals surface area contributed by atoms with Crippen molar-refractivity contribution in [1.29, 1.82) is 0 Å². The molecule has 19 heavy (non-hydrogen) atoms. The highest BCUT2D eigenvalue weighted by atomic mass is 32.2. The molecular weight excluding hydrogens is 272 g/mol. The molecule has 0 fully saturated rings. The normalized spacial score (nSPS) is 11.1. The van der Waals surface area contributed by atoms with Gasteiger partial charge in [-0.15, -0.1) is 0 Å². The van der Waals surface area contributed by atoms with Crippen LogP contribution >= 0.6 is 0 Å². The zero-order valence-electron chi connectivity index (χ0n) is 10.1. The minimum absolute atomic E-state index is 0.121. The van der Waals surface area contributed by atoms with E-state index in [-0.39, 0.29) is 18.2 Å². The molecule has 8 nitrogen and oxygen atoms in total. The number of nitrogens with two attached hydrogens (primary N) is 2. The molecule has 0 unspecified atom stereocenters. The van der Waals surface area contributed by atoms with Gasteiger partial charge in [-0.1, -0.05) is 6.07 Å². The second kappa shape index (κ2) is 7.04. The first-order valence-electron chi connectivity index (χ1n) is 5.39. The number of nitrogens with one attached hydrogen (secondary N) is 2. The molecule has 0 heterocycles. The third kappa shape index (κ3) is 6.72. The maximum absolute atomic E-state index is 11.4. The molecule has 1 rings (SSSR count). The van der Waals surface area contributed by atoms with Crippen molar-refractivity contribution in [2.75, 3.05) is 29.8 Å². The van der Waals surface area contributed by atoms with E-state index in [9.17, 15) is 13.2 Å². The number of amides is 1. The predicted octanol–water partition coefficient (Wildman–Crippen LogP) is -0.784. The number of hydrogen-bond donors (Lipinski definition) is 4. The lowest BCUT2D eigenvalue weighted by Gasteiger charge is -2.08. The van der Waals surface area contributed by atoms with E-state index >= 15 is 0 Å². The molecule has 1 amide bonds. The Hall–Kier alpha value is -1.68. The molecule has 0 radical (unpaired) electrons. The van der Waals surface area contributed by atoms with Crippen LogP contribution in [0.2, 0.25) is 0 Å². The molecule has 0 aliphatic carbocycles. The minimum Gasteiger partial charge on any atom is -0.370 e. The first-order chi connectivity index (χ1) is 8.90. The number of ether oxygens (including phenoxy) is 1. The van der Waals surface area contributed by atoms with Crippen LogP contribution in [-0.2, 0) is 19.7 Å². The molecule has 6 N–H and O–H groups in total. The van der Waals surface area contributed by atoms with E-state index in [1.807, 2.05) is 0 Å². The van der Waals surface area contributed by atoms with E-state index in [0.717, 1.165) is 0 Å². The van der Waals surface area contributed by atoms with Crippen molar-refractivity contribution in [3.8, 4) is 0 Å². The van der Waals surface area contributed by atoms with Gasteiger partial charge in [0.05, 0.1) is 12.3 Å². The summed E-state index contributed by atoms with van der Waals surface area (Å²) in [5.41, 5.74) is 5.89. The Morgan fingerprint density at radius 2 is 2.00 bits per heavy atom. The fourth-order valence-corrected chi connectivity index (χ4v) is 1.73. The lowest BCUT2D eigenvalue weighted by Crippen LogP contribution is -2.22. The van der Waals surface area contributed by atoms with Gasteiger partial charge in [-0.05, 0) is 18.2 Å². The van der Waals surface area contributed by atoms with Crippen LogP contribution < -0.4 is 20.9 Å². The fourth-order valence-electron chi connectivity index (χ4n) is 1.27. The first kappa shape index (κ1) is 15.4. The SMILES string of the molecule is NCCOCC(=O)Nc1cccc(NS(N)(=O)=O)c1. The van der Waals surface area contributed by atoms with Crippen LogP contribution in [0.4, 0.5) is 11.4 Å². The molecule has 0 aromatic heterocycles. The van der Waals surface area contributed by atoms with Gasteiger partial charge in [0.1, 0.15) is 6.61 Å². The molecule has 106 valence electrons. The fraction of sp³-hybridized carbons (Fsp3) is 0.300. The van der Waals surface area contributed by atoms with Crippen LogP contribution in [0.5, 0.6) is 0 Å². The Balaban J connectivity index is 2.59. The number of carbonyl (C=O) groups is 1. The van der Waals surface area contributed by atoms with E-state index in [1.54, 1.807) is 12.1 Å². The van der Waals surface area contributed by atoms with Gasteiger partial charge in [0.2, 0.25) is 5.91 Å². The van der Waals surface area contributed by atoms with Gasteiger partial charge in [-0.2, -0.15) is 8.42 Å². The van der Waals surface area contributed by atoms with Gasteiger partial charge in [0.25, 0.3) is 10.2 Å². The number of benzene rings is 1. The molecule has 0 aliphatic heterocycles. The van der Waals surface area contributed by atoms with Crippen LogP contribution in [0.1, 0.15) is 0 Å². The summed E-state index contributed by atoms with van der Waals surface area (Å²) in [6.07, 6.45) is 0. The van der Waals surface area contributed by atoms with Crippen LogP contribution in [0.15, 0.2) is 24.3 Å². The van der Waals surface area contributed by atoms with Crippen molar-refractivity contribution in [2.24, 2.45) is 10.9 Å². The minimum atomic E-state index is -3.84. The van der Waals surface area contributed by atoms with Gasteiger partial charge in [-0.25, -0.2) is 5.14 Å². The summed E-state index contributed by atoms with van der Waals surface area (Å²) in [6, 6.07) is 6.12. The van der Waals surface area contributed by atoms with Gasteiger partial charge >= 0.3 is 0 Å². The molecule has 1 aromatic rings. The van der Waals surface area contributed by atoms with E-state index in [0.29, 0.717) is 18.8 Å². The van der Waals surface area contributed by atoms with Crippen molar-refractivity contribution >= 4 is 27.5 Å². The molecule has 0 saturated carbocycles. The van der Waals surface area contributed by atoms with Gasteiger partial charge < -0.3 is 15.8 Å². The summed E-state index contributed by atoms with van der Waals surface area (Å²) in [5.74, 6) is -0.360. The van der Waals surface area contributed by atoms with E-state index in [2.05, 4.69) is 10.0 Å². The Kier molecular flexibility index (Phi) is 5.70. The largest absolute Gasteiger partial charge is 0.370 e. The van der Waals surface area contributed by atoms with E-state index in [4.69, 9.17) is 15.6 Å². The zero-order chi connectivity index (χ0) is 14.3. The summed E-state index contributed by atoms with van der Waals surface area (Å²) in [7, 11) is -3.84. The first-order valence-corrected chi connectivity index (χ1v) is 6.93. The lowest BCUT2D eigenvalue weighted by atomic mass is 10.3. The quantitative estimate of drug-likeness (QED) is 0.488. The second-order valence-electron chi connectivity index (χ2n) is 3.62. The molecule has 9 heteroatoms. The third-order valence-corrected chi connectivity index (χ3v) is 2.42. The number of hydrogen-bond acceptors (Lipinski definition) is 5. The molecule has 0 bridgehead atoms. The summed E-state index contributed by atoms with van der Waals surface area (Å²) in [4.78, 5) is 11.4. The van der Waals surface area contributed by atoms with Gasteiger partial charge in [-0.3, -0.25) is 9.52 Å². The van der Waals surface area contributed by atoms with Gasteiger partial charge in [0.15, 0.2) is 0 Å². The van der Waals surface area contributed by atoms with Crippen LogP contribution in [0.3, 0.4) is 0 Å². The van der Waals surface area contributed by atoms with Crippen molar-refractivity contribution < 1.29 is 17.9 Å². The molecule has 0 spiro atoms. The standard InChI is InChI=1S/C10H16N4O4S/c11-4-5-18-7-10(15)13-8-2-1-3-9(6-8)14-19(12,16)17/h1-3,6,14H,4-5,7,11H2,(H,13,15)(H2,12,16,17). The average molecular weight is 288 g/mol. The predicted molar refractivity (Wildman–Crippen MR) is 71.7 cm³/mol. The molecular formula is C10H16N4O4S. The highest BCUT2D eigenvalue weighted by Gasteiger charge is 2.05. The second-order valence-corrected chi connectivity index (χ2v) is 4.91. The van der Waals surface area contributed by atoms with Crippen LogP contribution in [0.25, 0.3) is 0 Å². The van der Waals surface area contributed by atoms with Crippen LogP contribution in [-0.4, -0.2) is 34.1 Å². The summed E-state index contributed by atoms with van der Waals surface area (Å²) in [6.45, 7) is 0.505. The molecule has 1 aromatic carbocycles. The molecule has 0 atom stereocenters. The van der Waals surface area contributed by atoms with Crippen molar-refractivity contribution in [3.63, 3.8) is 0 Å². The monoisotopic (exact) mass is 288 g/mol. The maximum Gasteiger partial charge on any atom is 0.296 e. The van der Waals surface area contributed by atoms with Crippen molar-refractivity contribution in [3.05, 3.63) is 24.3 Å². The van der Waals surface area contributed by atoms with E-state index < -0.39 is 10.2 Å². The van der Waals surface area contributed by atoms with Crippen LogP contribution in [0, 0.1) is 0 Å². The maximum atomic E-state index is 11.4. The lowest BCUT2D eigenvalue weighted by molar-refractivity contribution is -0.120. The summed E-state index contributed by atoms with van der Waals surface area (Å²) < 4.78 is 28.8. The average Bonchev–Trinajstić information content (AvgIpc) is 2.27. The Bertz CT molecular complexity index is 532. The smallest absolute Gasteiger partial charge is 0.296 e. The van der Waals surface area contributed by atoms with Gasteiger partial charge in [0, 0.05) is 12.2 Å². The topological polar surface area (TPSA) is 137 Å². The Labute approximate surface area is 111 Å². The Morgan fingerprint density at radius 3 is 2.63 bits per heavy atom.